The van der Waals surface area contributed by atoms with E-state index < -0.39 is 44.6 Å². The molecule has 0 amide bonds. The molecular weight excluding hydrogens is 552 g/mol. The minimum atomic E-state index is -4.83. The molecule has 0 aliphatic carbocycles. The van der Waals surface area contributed by atoms with Gasteiger partial charge in [0.15, 0.2) is 11.6 Å². The number of nitrogens with zero attached hydrogens (tertiary/aromatic N) is 6. The number of aromatic hydroxyl groups is 1. The Kier molecular flexibility index (Phi) is 6.94. The molecule has 9 nitrogen and oxygen atoms in total. The number of hydrogen-bond acceptors (Lipinski definition) is 7. The van der Waals surface area contributed by atoms with Gasteiger partial charge in [0.1, 0.15) is 16.7 Å². The highest BCUT2D eigenvalue weighted by atomic mass is 32.2. The van der Waals surface area contributed by atoms with E-state index in [2.05, 4.69) is 15.1 Å². The van der Waals surface area contributed by atoms with E-state index in [-0.39, 0.29) is 36.1 Å². The molecule has 1 aliphatic rings. The molecule has 212 valence electrons. The van der Waals surface area contributed by atoms with Crippen LogP contribution in [0.3, 0.4) is 0 Å². The highest BCUT2D eigenvalue weighted by Crippen LogP contribution is 2.39. The molecule has 0 spiro atoms. The Morgan fingerprint density at radius 1 is 1.12 bits per heavy atom. The Morgan fingerprint density at radius 2 is 1.82 bits per heavy atom. The Balaban J connectivity index is 1.57. The predicted octanol–water partition coefficient (Wildman–Crippen LogP) is 3.99. The molecule has 1 aliphatic heterocycles. The van der Waals surface area contributed by atoms with Crippen LogP contribution in [0, 0.1) is 19.7 Å². The van der Waals surface area contributed by atoms with Crippen molar-refractivity contribution < 1.29 is 31.1 Å². The van der Waals surface area contributed by atoms with Crippen LogP contribution >= 0.6 is 0 Å². The largest absolute Gasteiger partial charge is 0.505 e. The first kappa shape index (κ1) is 27.8. The lowest BCUT2D eigenvalue weighted by Crippen LogP contribution is -2.56. The summed E-state index contributed by atoms with van der Waals surface area (Å²) in [7, 11) is -3.43. The van der Waals surface area contributed by atoms with Gasteiger partial charge in [0, 0.05) is 31.2 Å². The maximum absolute atomic E-state index is 15.0. The van der Waals surface area contributed by atoms with Gasteiger partial charge in [-0.3, -0.25) is 0 Å². The number of anilines is 1. The van der Waals surface area contributed by atoms with Gasteiger partial charge in [-0.05, 0) is 31.9 Å². The summed E-state index contributed by atoms with van der Waals surface area (Å²) in [5.74, 6) is -2.08. The number of phenolic OH excluding ortho intramolecular Hbond substituents is 1. The van der Waals surface area contributed by atoms with Crippen molar-refractivity contribution in [2.24, 2.45) is 0 Å². The summed E-state index contributed by atoms with van der Waals surface area (Å²) in [6.45, 7) is 3.30. The highest BCUT2D eigenvalue weighted by Gasteiger charge is 2.36. The predicted molar refractivity (Wildman–Crippen MR) is 140 cm³/mol. The number of sulfonamides is 1. The smallest absolute Gasteiger partial charge is 0.416 e. The second-order valence-electron chi connectivity index (χ2n) is 9.79. The first-order valence-electron chi connectivity index (χ1n) is 12.3. The number of aryl methyl sites for hydroxylation is 1. The summed E-state index contributed by atoms with van der Waals surface area (Å²) < 4.78 is 82.7. The van der Waals surface area contributed by atoms with Crippen molar-refractivity contribution in [1.82, 2.24) is 24.1 Å². The van der Waals surface area contributed by atoms with Gasteiger partial charge in [0.25, 0.3) is 0 Å². The number of alkyl halides is 3. The number of benzene rings is 2. The van der Waals surface area contributed by atoms with E-state index in [1.165, 1.54) is 10.5 Å². The normalized spacial score (nSPS) is 17.1. The number of fused-ring (bicyclic) bond motifs is 1. The van der Waals surface area contributed by atoms with Crippen LogP contribution in [-0.2, 0) is 22.6 Å². The second-order valence-corrected chi connectivity index (χ2v) is 11.8. The van der Waals surface area contributed by atoms with Crippen molar-refractivity contribution >= 4 is 27.0 Å². The first-order chi connectivity index (χ1) is 18.8. The minimum absolute atomic E-state index is 0.144. The van der Waals surface area contributed by atoms with Gasteiger partial charge in [-0.15, -0.1) is 0 Å². The van der Waals surface area contributed by atoms with Gasteiger partial charge in [-0.25, -0.2) is 27.5 Å². The Bertz CT molecular complexity index is 1690. The maximum Gasteiger partial charge on any atom is 0.416 e. The monoisotopic (exact) mass is 578 g/mol. The van der Waals surface area contributed by atoms with Crippen LogP contribution < -0.4 is 4.90 Å². The lowest BCUT2D eigenvalue weighted by atomic mass is 10.0. The van der Waals surface area contributed by atoms with Crippen LogP contribution in [0.25, 0.3) is 16.7 Å². The van der Waals surface area contributed by atoms with Crippen LogP contribution in [0.5, 0.6) is 5.75 Å². The molecule has 2 aromatic heterocycles. The zero-order chi connectivity index (χ0) is 29.0. The van der Waals surface area contributed by atoms with Crippen molar-refractivity contribution in [3.63, 3.8) is 0 Å². The number of aromatic nitrogens is 4. The van der Waals surface area contributed by atoms with E-state index in [0.717, 1.165) is 23.4 Å². The zero-order valence-electron chi connectivity index (χ0n) is 21.8. The van der Waals surface area contributed by atoms with Gasteiger partial charge >= 0.3 is 6.18 Å². The lowest BCUT2D eigenvalue weighted by Gasteiger charge is -2.40. The van der Waals surface area contributed by atoms with Gasteiger partial charge < -0.3 is 10.0 Å². The van der Waals surface area contributed by atoms with Gasteiger partial charge in [-0.1, -0.05) is 30.3 Å². The number of phenols is 1. The molecule has 3 heterocycles. The number of rotatable bonds is 5. The molecule has 14 heteroatoms. The summed E-state index contributed by atoms with van der Waals surface area (Å²) in [6.07, 6.45) is -1.81. The maximum atomic E-state index is 15.0. The van der Waals surface area contributed by atoms with E-state index in [1.54, 1.807) is 6.92 Å². The van der Waals surface area contributed by atoms with Crippen LogP contribution in [0.15, 0.2) is 42.6 Å². The van der Waals surface area contributed by atoms with Gasteiger partial charge in [-0.2, -0.15) is 22.6 Å². The highest BCUT2D eigenvalue weighted by molar-refractivity contribution is 7.88. The molecule has 1 N–H and O–H groups in total. The quantitative estimate of drug-likeness (QED) is 0.357. The Hall–Kier alpha value is -3.78. The summed E-state index contributed by atoms with van der Waals surface area (Å²) in [5.41, 5.74) is -0.679. The van der Waals surface area contributed by atoms with Crippen LogP contribution in [-0.4, -0.2) is 69.5 Å². The fourth-order valence-corrected chi connectivity index (χ4v) is 5.84. The molecule has 40 heavy (non-hydrogen) atoms. The lowest BCUT2D eigenvalue weighted by molar-refractivity contribution is -0.138. The molecule has 1 fully saturated rings. The Morgan fingerprint density at radius 3 is 2.48 bits per heavy atom. The third-order valence-electron chi connectivity index (χ3n) is 7.07. The fourth-order valence-electron chi connectivity index (χ4n) is 4.98. The van der Waals surface area contributed by atoms with E-state index in [9.17, 15) is 26.7 Å². The second kappa shape index (κ2) is 10.0. The zero-order valence-corrected chi connectivity index (χ0v) is 22.6. The summed E-state index contributed by atoms with van der Waals surface area (Å²) in [4.78, 5) is 10.9. The van der Waals surface area contributed by atoms with Crippen molar-refractivity contribution in [2.45, 2.75) is 32.5 Å². The number of hydrogen-bond donors (Lipinski definition) is 1. The minimum Gasteiger partial charge on any atom is -0.505 e. The summed E-state index contributed by atoms with van der Waals surface area (Å²) in [5, 5.41) is 14.3. The molecule has 1 atom stereocenters. The molecule has 5 rings (SSSR count). The average molecular weight is 579 g/mol. The molecule has 0 unspecified atom stereocenters. The molecule has 2 aromatic carbocycles. The van der Waals surface area contributed by atoms with E-state index in [4.69, 9.17) is 0 Å². The van der Waals surface area contributed by atoms with E-state index in [0.29, 0.717) is 24.7 Å². The van der Waals surface area contributed by atoms with E-state index >= 15 is 4.39 Å². The molecule has 4 aromatic rings. The van der Waals surface area contributed by atoms with Crippen molar-refractivity contribution in [1.29, 1.82) is 0 Å². The van der Waals surface area contributed by atoms with Crippen LogP contribution in [0.2, 0.25) is 0 Å². The Labute approximate surface area is 227 Å². The van der Waals surface area contributed by atoms with Crippen LogP contribution in [0.4, 0.5) is 23.5 Å². The molecule has 1 saturated heterocycles. The first-order valence-corrected chi connectivity index (χ1v) is 14.2. The van der Waals surface area contributed by atoms with Crippen molar-refractivity contribution in [3.8, 4) is 11.4 Å². The third kappa shape index (κ3) is 5.08. The van der Waals surface area contributed by atoms with Crippen molar-refractivity contribution in [3.05, 3.63) is 70.8 Å². The van der Waals surface area contributed by atoms with Crippen molar-refractivity contribution in [2.75, 3.05) is 30.8 Å². The fraction of sp³-hybridized carbons (Fsp3) is 0.346. The van der Waals surface area contributed by atoms with Gasteiger partial charge in [0.05, 0.1) is 23.7 Å². The topological polar surface area (TPSA) is 104 Å². The average Bonchev–Trinajstić information content (AvgIpc) is 3.22. The molecule has 0 radical (unpaired) electrons. The standard InChI is InChI=1S/C26H26F4N6O3S/c1-15-19(26(28,29)30)12-20(22(27)24(15)37)36-21-13-31-25(32-23(21)16(2)33-36)35-10-9-34(40(3,38)39)14-18(35)11-17-7-5-4-6-8-17/h4-8,12-13,18,37H,9-11,14H2,1-3H3/t18-/m1/s1. The molecule has 0 bridgehead atoms. The summed E-state index contributed by atoms with van der Waals surface area (Å²) in [6, 6.07) is 9.85. The van der Waals surface area contributed by atoms with Crippen LogP contribution in [0.1, 0.15) is 22.4 Å². The summed E-state index contributed by atoms with van der Waals surface area (Å²) >= 11 is 0. The molecular formula is C26H26F4N6O3S. The third-order valence-corrected chi connectivity index (χ3v) is 8.34. The molecule has 0 saturated carbocycles. The van der Waals surface area contributed by atoms with Gasteiger partial charge in [0.2, 0.25) is 16.0 Å². The number of piperazine rings is 1. The number of halogens is 4. The SMILES string of the molecule is Cc1c(C(F)(F)F)cc(-n2nc(C)c3nc(N4CCN(S(C)(=O)=O)C[C@H]4Cc4ccccc4)ncc32)c(F)c1O. The van der Waals surface area contributed by atoms with E-state index in [1.807, 2.05) is 35.2 Å².